The summed E-state index contributed by atoms with van der Waals surface area (Å²) in [5.74, 6) is -0.152. The maximum Gasteiger partial charge on any atom is 0.184 e. The molecule has 148 valence electrons. The Kier molecular flexibility index (Phi) is 4.77. The van der Waals surface area contributed by atoms with Crippen molar-refractivity contribution in [2.45, 2.75) is 6.04 Å². The number of anilines is 1. The Balaban J connectivity index is 1.69. The highest BCUT2D eigenvalue weighted by molar-refractivity contribution is 7.22. The third-order valence-corrected chi connectivity index (χ3v) is 6.33. The Morgan fingerprint density at radius 3 is 2.53 bits per heavy atom. The molecule has 0 amide bonds. The lowest BCUT2D eigenvalue weighted by Crippen LogP contribution is -2.13. The lowest BCUT2D eigenvalue weighted by molar-refractivity contribution is 0.468. The van der Waals surface area contributed by atoms with Gasteiger partial charge in [-0.2, -0.15) is 0 Å². The number of nitrogens with zero attached hydrogens (tertiary/aromatic N) is 1. The average molecular weight is 435 g/mol. The SMILES string of the molecule is Oc1ccc2ccccc2c1C(Nc1nc2c(Cl)cccc2s1)c1ccc(F)cc1. The van der Waals surface area contributed by atoms with Crippen LogP contribution in [0.5, 0.6) is 5.75 Å². The first kappa shape index (κ1) is 18.9. The van der Waals surface area contributed by atoms with Gasteiger partial charge in [-0.05, 0) is 46.7 Å². The third kappa shape index (κ3) is 3.36. The summed E-state index contributed by atoms with van der Waals surface area (Å²) in [4.78, 5) is 4.65. The molecule has 6 heteroatoms. The van der Waals surface area contributed by atoms with E-state index in [0.29, 0.717) is 15.7 Å². The molecule has 0 saturated carbocycles. The minimum absolute atomic E-state index is 0.162. The van der Waals surface area contributed by atoms with Gasteiger partial charge in [-0.1, -0.05) is 71.5 Å². The number of benzene rings is 4. The first-order valence-electron chi connectivity index (χ1n) is 9.38. The summed E-state index contributed by atoms with van der Waals surface area (Å²) in [5, 5.41) is 17.4. The molecule has 2 N–H and O–H groups in total. The molecule has 0 bridgehead atoms. The zero-order valence-electron chi connectivity index (χ0n) is 15.6. The second-order valence-electron chi connectivity index (χ2n) is 6.95. The van der Waals surface area contributed by atoms with Crippen LogP contribution in [-0.4, -0.2) is 10.1 Å². The Morgan fingerprint density at radius 1 is 0.933 bits per heavy atom. The maximum atomic E-state index is 13.6. The summed E-state index contributed by atoms with van der Waals surface area (Å²) in [6, 6.07) is 22.9. The summed E-state index contributed by atoms with van der Waals surface area (Å²) >= 11 is 7.78. The quantitative estimate of drug-likeness (QED) is 0.315. The van der Waals surface area contributed by atoms with E-state index in [0.717, 1.165) is 26.6 Å². The molecule has 1 atom stereocenters. The van der Waals surface area contributed by atoms with E-state index in [9.17, 15) is 9.50 Å². The summed E-state index contributed by atoms with van der Waals surface area (Å²) < 4.78 is 14.6. The number of hydrogen-bond donors (Lipinski definition) is 2. The minimum Gasteiger partial charge on any atom is -0.508 e. The van der Waals surface area contributed by atoms with Crippen molar-refractivity contribution in [3.8, 4) is 5.75 Å². The first-order chi connectivity index (χ1) is 14.6. The third-order valence-electron chi connectivity index (χ3n) is 5.08. The molecule has 1 heterocycles. The van der Waals surface area contributed by atoms with E-state index in [4.69, 9.17) is 11.6 Å². The molecule has 0 aliphatic rings. The number of phenolic OH excluding ortho intramolecular Hbond substituents is 1. The Morgan fingerprint density at radius 2 is 1.73 bits per heavy atom. The van der Waals surface area contributed by atoms with Crippen molar-refractivity contribution < 1.29 is 9.50 Å². The highest BCUT2D eigenvalue weighted by Gasteiger charge is 2.22. The van der Waals surface area contributed by atoms with Gasteiger partial charge in [0.2, 0.25) is 0 Å². The molecule has 0 spiro atoms. The van der Waals surface area contributed by atoms with Crippen LogP contribution in [0.2, 0.25) is 5.02 Å². The largest absolute Gasteiger partial charge is 0.508 e. The first-order valence-corrected chi connectivity index (χ1v) is 10.6. The highest BCUT2D eigenvalue weighted by Crippen LogP contribution is 2.39. The normalized spacial score (nSPS) is 12.3. The average Bonchev–Trinajstić information content (AvgIpc) is 3.17. The van der Waals surface area contributed by atoms with Crippen molar-refractivity contribution in [2.75, 3.05) is 5.32 Å². The predicted octanol–water partition coefficient (Wildman–Crippen LogP) is 7.15. The van der Waals surface area contributed by atoms with Gasteiger partial charge in [-0.3, -0.25) is 0 Å². The van der Waals surface area contributed by atoms with Gasteiger partial charge < -0.3 is 10.4 Å². The van der Waals surface area contributed by atoms with E-state index in [1.54, 1.807) is 24.3 Å². The molecule has 5 rings (SSSR count). The van der Waals surface area contributed by atoms with Crippen molar-refractivity contribution in [3.05, 3.63) is 101 Å². The Bertz CT molecular complexity index is 1370. The van der Waals surface area contributed by atoms with Crippen molar-refractivity contribution >= 4 is 49.1 Å². The van der Waals surface area contributed by atoms with Crippen molar-refractivity contribution in [2.24, 2.45) is 0 Å². The molecule has 0 aliphatic heterocycles. The van der Waals surface area contributed by atoms with Crippen LogP contribution in [0, 0.1) is 5.82 Å². The van der Waals surface area contributed by atoms with E-state index >= 15 is 0 Å². The van der Waals surface area contributed by atoms with Crippen molar-refractivity contribution in [1.82, 2.24) is 4.98 Å². The molecule has 4 aromatic carbocycles. The maximum absolute atomic E-state index is 13.6. The number of thiazole rings is 1. The Hall–Kier alpha value is -3.15. The molecular formula is C24H16ClFN2OS. The molecule has 0 radical (unpaired) electrons. The highest BCUT2D eigenvalue weighted by atomic mass is 35.5. The molecular weight excluding hydrogens is 419 g/mol. The zero-order chi connectivity index (χ0) is 20.7. The van der Waals surface area contributed by atoms with Crippen LogP contribution in [0.15, 0.2) is 78.9 Å². The van der Waals surface area contributed by atoms with Gasteiger partial charge in [-0.25, -0.2) is 9.37 Å². The number of rotatable bonds is 4. The summed E-state index contributed by atoms with van der Waals surface area (Å²) in [6.45, 7) is 0. The van der Waals surface area contributed by atoms with Gasteiger partial charge >= 0.3 is 0 Å². The fraction of sp³-hybridized carbons (Fsp3) is 0.0417. The van der Waals surface area contributed by atoms with Crippen LogP contribution in [0.25, 0.3) is 21.0 Å². The molecule has 0 saturated heterocycles. The van der Waals surface area contributed by atoms with Gasteiger partial charge in [0.1, 0.15) is 17.1 Å². The monoisotopic (exact) mass is 434 g/mol. The van der Waals surface area contributed by atoms with Crippen LogP contribution in [-0.2, 0) is 0 Å². The standard InChI is InChI=1S/C24H16ClFN2OS/c25-18-6-3-7-20-23(18)28-24(30-20)27-22(15-8-11-16(26)12-9-15)21-17-5-2-1-4-14(17)10-13-19(21)29/h1-13,22,29H,(H,27,28). The van der Waals surface area contributed by atoms with Crippen LogP contribution in [0.1, 0.15) is 17.2 Å². The number of aromatic hydroxyl groups is 1. The topological polar surface area (TPSA) is 45.1 Å². The van der Waals surface area contributed by atoms with Gasteiger partial charge in [0.05, 0.1) is 15.8 Å². The van der Waals surface area contributed by atoms with Gasteiger partial charge in [-0.15, -0.1) is 0 Å². The predicted molar refractivity (Wildman–Crippen MR) is 122 cm³/mol. The van der Waals surface area contributed by atoms with E-state index in [2.05, 4.69) is 10.3 Å². The van der Waals surface area contributed by atoms with E-state index in [1.165, 1.54) is 23.5 Å². The summed E-state index contributed by atoms with van der Waals surface area (Å²) in [5.41, 5.74) is 2.25. The molecule has 1 unspecified atom stereocenters. The zero-order valence-corrected chi connectivity index (χ0v) is 17.2. The number of hydrogen-bond acceptors (Lipinski definition) is 4. The number of aromatic nitrogens is 1. The molecule has 5 aromatic rings. The lowest BCUT2D eigenvalue weighted by Gasteiger charge is -2.22. The summed E-state index contributed by atoms with van der Waals surface area (Å²) in [6.07, 6.45) is 0. The Labute approximate surface area is 181 Å². The van der Waals surface area contributed by atoms with Crippen LogP contribution >= 0.6 is 22.9 Å². The number of fused-ring (bicyclic) bond motifs is 2. The number of halogens is 2. The number of phenols is 1. The second-order valence-corrected chi connectivity index (χ2v) is 8.39. The van der Waals surface area contributed by atoms with Gasteiger partial charge in [0.15, 0.2) is 5.13 Å². The van der Waals surface area contributed by atoms with Crippen LogP contribution in [0.3, 0.4) is 0 Å². The smallest absolute Gasteiger partial charge is 0.184 e. The molecule has 30 heavy (non-hydrogen) atoms. The molecule has 0 fully saturated rings. The lowest BCUT2D eigenvalue weighted by atomic mass is 9.93. The van der Waals surface area contributed by atoms with Crippen LogP contribution in [0.4, 0.5) is 9.52 Å². The van der Waals surface area contributed by atoms with E-state index < -0.39 is 6.04 Å². The van der Waals surface area contributed by atoms with Gasteiger partial charge in [0.25, 0.3) is 0 Å². The fourth-order valence-electron chi connectivity index (χ4n) is 3.67. The number of nitrogens with one attached hydrogen (secondary N) is 1. The van der Waals surface area contributed by atoms with E-state index in [-0.39, 0.29) is 11.6 Å². The second kappa shape index (κ2) is 7.59. The van der Waals surface area contributed by atoms with Crippen molar-refractivity contribution in [1.29, 1.82) is 0 Å². The number of para-hydroxylation sites is 1. The van der Waals surface area contributed by atoms with E-state index in [1.807, 2.05) is 42.5 Å². The van der Waals surface area contributed by atoms with Crippen LogP contribution < -0.4 is 5.32 Å². The van der Waals surface area contributed by atoms with Crippen molar-refractivity contribution in [3.63, 3.8) is 0 Å². The molecule has 0 aliphatic carbocycles. The molecule has 1 aromatic heterocycles. The minimum atomic E-state index is -0.434. The summed E-state index contributed by atoms with van der Waals surface area (Å²) in [7, 11) is 0. The molecule has 3 nitrogen and oxygen atoms in total. The van der Waals surface area contributed by atoms with Gasteiger partial charge in [0, 0.05) is 5.56 Å². The fourth-order valence-corrected chi connectivity index (χ4v) is 4.86.